The molecule has 7 heteroatoms. The van der Waals surface area contributed by atoms with Crippen molar-refractivity contribution >= 4 is 5.97 Å². The average Bonchev–Trinajstić information content (AvgIpc) is 2.25. The number of aliphatic hydroxyl groups is 5. The summed E-state index contributed by atoms with van der Waals surface area (Å²) in [4.78, 5) is 10.9. The van der Waals surface area contributed by atoms with Crippen LogP contribution in [0.4, 0.5) is 0 Å². The van der Waals surface area contributed by atoms with Gasteiger partial charge >= 0.3 is 5.97 Å². The lowest BCUT2D eigenvalue weighted by Crippen LogP contribution is -2.49. The Labute approximate surface area is 86.5 Å². The Bertz CT molecular complexity index is 195. The van der Waals surface area contributed by atoms with Gasteiger partial charge in [-0.15, -0.1) is 0 Å². The van der Waals surface area contributed by atoms with Crippen molar-refractivity contribution in [1.82, 2.24) is 0 Å². The maximum absolute atomic E-state index is 10.9. The Kier molecular flexibility index (Phi) is 6.37. The highest BCUT2D eigenvalue weighted by Crippen LogP contribution is 2.06. The summed E-state index contributed by atoms with van der Waals surface area (Å²) in [6, 6.07) is 0. The van der Waals surface area contributed by atoms with Crippen molar-refractivity contribution < 1.29 is 35.1 Å². The van der Waals surface area contributed by atoms with Crippen LogP contribution < -0.4 is 0 Å². The molecule has 5 N–H and O–H groups in total. The van der Waals surface area contributed by atoms with Gasteiger partial charge in [0.05, 0.1) is 13.2 Å². The highest BCUT2D eigenvalue weighted by molar-refractivity contribution is 5.75. The lowest BCUT2D eigenvalue weighted by Gasteiger charge is -2.24. The number of carbonyl (C=O) groups excluding carboxylic acids is 1. The van der Waals surface area contributed by atoms with Gasteiger partial charge in [0.2, 0.25) is 0 Å². The van der Waals surface area contributed by atoms with Crippen LogP contribution in [0.25, 0.3) is 0 Å². The Balaban J connectivity index is 4.29. The Morgan fingerprint density at radius 3 is 2.13 bits per heavy atom. The summed E-state index contributed by atoms with van der Waals surface area (Å²) in [7, 11) is 0. The number of ether oxygens (including phenoxy) is 1. The highest BCUT2D eigenvalue weighted by atomic mass is 16.5. The third-order valence-corrected chi connectivity index (χ3v) is 1.78. The van der Waals surface area contributed by atoms with E-state index in [0.29, 0.717) is 0 Å². The zero-order valence-electron chi connectivity index (χ0n) is 8.28. The van der Waals surface area contributed by atoms with Crippen LogP contribution in [0.5, 0.6) is 0 Å². The highest BCUT2D eigenvalue weighted by Gasteiger charge is 2.34. The second kappa shape index (κ2) is 6.70. The quantitative estimate of drug-likeness (QED) is 0.304. The lowest BCUT2D eigenvalue weighted by atomic mass is 10.0. The Morgan fingerprint density at radius 1 is 1.20 bits per heavy atom. The van der Waals surface area contributed by atoms with Gasteiger partial charge in [0.25, 0.3) is 0 Å². The molecule has 0 aliphatic heterocycles. The predicted octanol–water partition coefficient (Wildman–Crippen LogP) is -3.01. The molecule has 0 saturated carbocycles. The molecule has 0 spiro atoms. The van der Waals surface area contributed by atoms with Crippen LogP contribution in [0, 0.1) is 0 Å². The van der Waals surface area contributed by atoms with Crippen LogP contribution in [0.2, 0.25) is 0 Å². The SMILES string of the molecule is CCOC(=O)[C@H](O)[C@@H](O)[C@H](O)[C@H](O)CO. The van der Waals surface area contributed by atoms with E-state index >= 15 is 0 Å². The average molecular weight is 224 g/mol. The molecule has 0 fully saturated rings. The van der Waals surface area contributed by atoms with Gasteiger partial charge in [-0.3, -0.25) is 0 Å². The molecule has 0 bridgehead atoms. The second-order valence-electron chi connectivity index (χ2n) is 2.93. The van der Waals surface area contributed by atoms with Crippen molar-refractivity contribution in [3.63, 3.8) is 0 Å². The largest absolute Gasteiger partial charge is 0.464 e. The number of hydrogen-bond donors (Lipinski definition) is 5. The van der Waals surface area contributed by atoms with Crippen LogP contribution in [0.3, 0.4) is 0 Å². The molecule has 0 unspecified atom stereocenters. The number of carbonyl (C=O) groups is 1. The minimum atomic E-state index is -1.96. The predicted molar refractivity (Wildman–Crippen MR) is 47.7 cm³/mol. The Morgan fingerprint density at radius 2 is 1.73 bits per heavy atom. The molecule has 7 nitrogen and oxygen atoms in total. The monoisotopic (exact) mass is 224 g/mol. The fourth-order valence-corrected chi connectivity index (χ4v) is 0.889. The number of aliphatic hydroxyl groups excluding tert-OH is 5. The molecule has 90 valence electrons. The summed E-state index contributed by atoms with van der Waals surface area (Å²) >= 11 is 0. The van der Waals surface area contributed by atoms with E-state index in [1.165, 1.54) is 6.92 Å². The van der Waals surface area contributed by atoms with Crippen molar-refractivity contribution in [2.75, 3.05) is 13.2 Å². The molecule has 0 aromatic heterocycles. The zero-order valence-corrected chi connectivity index (χ0v) is 8.28. The maximum Gasteiger partial charge on any atom is 0.337 e. The van der Waals surface area contributed by atoms with Crippen LogP contribution >= 0.6 is 0 Å². The molecule has 4 atom stereocenters. The van der Waals surface area contributed by atoms with Crippen molar-refractivity contribution in [3.05, 3.63) is 0 Å². The Hall–Kier alpha value is -0.730. The molecule has 0 amide bonds. The zero-order chi connectivity index (χ0) is 12.0. The fourth-order valence-electron chi connectivity index (χ4n) is 0.889. The minimum Gasteiger partial charge on any atom is -0.464 e. The first-order valence-corrected chi connectivity index (χ1v) is 4.45. The van der Waals surface area contributed by atoms with Gasteiger partial charge in [-0.05, 0) is 6.92 Å². The van der Waals surface area contributed by atoms with Gasteiger partial charge < -0.3 is 30.3 Å². The summed E-state index contributed by atoms with van der Waals surface area (Å²) in [5, 5.41) is 44.9. The first kappa shape index (κ1) is 14.3. The van der Waals surface area contributed by atoms with Gasteiger partial charge in [-0.1, -0.05) is 0 Å². The van der Waals surface area contributed by atoms with Crippen molar-refractivity contribution in [3.8, 4) is 0 Å². The molecule has 0 heterocycles. The normalized spacial score (nSPS) is 19.1. The summed E-state index contributed by atoms with van der Waals surface area (Å²) in [5.41, 5.74) is 0. The minimum absolute atomic E-state index is 0.0151. The molecule has 0 aromatic carbocycles. The molecule has 0 aliphatic carbocycles. The van der Waals surface area contributed by atoms with Crippen LogP contribution in [-0.4, -0.2) is 69.1 Å². The number of rotatable bonds is 6. The molecule has 0 rings (SSSR count). The van der Waals surface area contributed by atoms with Gasteiger partial charge in [0, 0.05) is 0 Å². The third kappa shape index (κ3) is 4.10. The first-order chi connectivity index (χ1) is 6.95. The topological polar surface area (TPSA) is 127 Å². The molecule has 15 heavy (non-hydrogen) atoms. The van der Waals surface area contributed by atoms with E-state index in [9.17, 15) is 9.90 Å². The fraction of sp³-hybridized carbons (Fsp3) is 0.875. The van der Waals surface area contributed by atoms with E-state index in [4.69, 9.17) is 20.4 Å². The van der Waals surface area contributed by atoms with Crippen LogP contribution in [-0.2, 0) is 9.53 Å². The van der Waals surface area contributed by atoms with Gasteiger partial charge in [-0.25, -0.2) is 4.79 Å². The van der Waals surface area contributed by atoms with Gasteiger partial charge in [0.1, 0.15) is 18.3 Å². The van der Waals surface area contributed by atoms with Gasteiger partial charge in [-0.2, -0.15) is 0 Å². The summed E-state index contributed by atoms with van der Waals surface area (Å²) < 4.78 is 4.38. The molecular formula is C8H16O7. The van der Waals surface area contributed by atoms with Crippen LogP contribution in [0.15, 0.2) is 0 Å². The van der Waals surface area contributed by atoms with E-state index in [0.717, 1.165) is 0 Å². The van der Waals surface area contributed by atoms with E-state index in [1.54, 1.807) is 0 Å². The maximum atomic E-state index is 10.9. The van der Waals surface area contributed by atoms with Crippen molar-refractivity contribution in [2.45, 2.75) is 31.3 Å². The molecule has 0 radical (unpaired) electrons. The van der Waals surface area contributed by atoms with E-state index in [1.807, 2.05) is 0 Å². The summed E-state index contributed by atoms with van der Waals surface area (Å²) in [6.45, 7) is 0.727. The van der Waals surface area contributed by atoms with Crippen LogP contribution in [0.1, 0.15) is 6.92 Å². The summed E-state index contributed by atoms with van der Waals surface area (Å²) in [5.74, 6) is -1.10. The number of hydrogen-bond acceptors (Lipinski definition) is 7. The van der Waals surface area contributed by atoms with E-state index in [-0.39, 0.29) is 6.61 Å². The van der Waals surface area contributed by atoms with Crippen molar-refractivity contribution in [1.29, 1.82) is 0 Å². The first-order valence-electron chi connectivity index (χ1n) is 4.45. The standard InChI is InChI=1S/C8H16O7/c1-2-15-8(14)7(13)6(12)5(11)4(10)3-9/h4-7,9-13H,2-3H2,1H3/t4-,5-,6+,7-/m1/s1. The summed E-state index contributed by atoms with van der Waals surface area (Å²) in [6.07, 6.45) is -7.33. The molecule has 0 saturated heterocycles. The second-order valence-corrected chi connectivity index (χ2v) is 2.93. The number of esters is 1. The van der Waals surface area contributed by atoms with Crippen molar-refractivity contribution in [2.24, 2.45) is 0 Å². The molecular weight excluding hydrogens is 208 g/mol. The molecule has 0 aromatic rings. The van der Waals surface area contributed by atoms with E-state index in [2.05, 4.69) is 4.74 Å². The smallest absolute Gasteiger partial charge is 0.337 e. The van der Waals surface area contributed by atoms with E-state index < -0.39 is 37.0 Å². The third-order valence-electron chi connectivity index (χ3n) is 1.78. The van der Waals surface area contributed by atoms with Gasteiger partial charge in [0.15, 0.2) is 6.10 Å². The molecule has 0 aliphatic rings. The lowest BCUT2D eigenvalue weighted by molar-refractivity contribution is -0.169.